The van der Waals surface area contributed by atoms with Crippen LogP contribution >= 0.6 is 11.6 Å². The number of hydrogen-bond donors (Lipinski definition) is 0. The number of aromatic nitrogens is 1. The smallest absolute Gasteiger partial charge is 0.256 e. The molecule has 0 aliphatic rings. The van der Waals surface area contributed by atoms with Crippen molar-refractivity contribution >= 4 is 17.5 Å². The van der Waals surface area contributed by atoms with Gasteiger partial charge in [0.15, 0.2) is 0 Å². The molecule has 0 aromatic carbocycles. The zero-order valence-electron chi connectivity index (χ0n) is 7.84. The van der Waals surface area contributed by atoms with Gasteiger partial charge in [0.2, 0.25) is 0 Å². The molecule has 3 nitrogen and oxygen atoms in total. The predicted molar refractivity (Wildman–Crippen MR) is 52.0 cm³/mol. The van der Waals surface area contributed by atoms with E-state index in [9.17, 15) is 4.79 Å². The molecule has 1 aromatic heterocycles. The van der Waals surface area contributed by atoms with Gasteiger partial charge in [0.1, 0.15) is 5.15 Å². The second-order valence-corrected chi connectivity index (χ2v) is 3.41. The van der Waals surface area contributed by atoms with Crippen LogP contribution in [-0.4, -0.2) is 29.9 Å². The summed E-state index contributed by atoms with van der Waals surface area (Å²) in [5, 5.41) is 0.254. The minimum absolute atomic E-state index is 0.124. The van der Waals surface area contributed by atoms with Crippen molar-refractivity contribution in [1.82, 2.24) is 9.88 Å². The molecule has 0 aliphatic carbocycles. The highest BCUT2D eigenvalue weighted by molar-refractivity contribution is 6.32. The number of aryl methyl sites for hydroxylation is 1. The van der Waals surface area contributed by atoms with E-state index in [1.807, 2.05) is 6.92 Å². The van der Waals surface area contributed by atoms with Crippen LogP contribution in [0.4, 0.5) is 0 Å². The molecule has 13 heavy (non-hydrogen) atoms. The van der Waals surface area contributed by atoms with Gasteiger partial charge < -0.3 is 4.90 Å². The van der Waals surface area contributed by atoms with Crippen molar-refractivity contribution in [3.8, 4) is 0 Å². The van der Waals surface area contributed by atoms with E-state index in [1.165, 1.54) is 4.90 Å². The van der Waals surface area contributed by atoms with Gasteiger partial charge in [-0.15, -0.1) is 0 Å². The zero-order valence-corrected chi connectivity index (χ0v) is 8.59. The minimum atomic E-state index is -0.124. The average Bonchev–Trinajstić information content (AvgIpc) is 2.08. The van der Waals surface area contributed by atoms with Crippen molar-refractivity contribution in [3.63, 3.8) is 0 Å². The molecule has 1 rings (SSSR count). The first-order valence-electron chi connectivity index (χ1n) is 3.86. The Morgan fingerprint density at radius 3 is 2.69 bits per heavy atom. The van der Waals surface area contributed by atoms with E-state index in [0.29, 0.717) is 5.56 Å². The molecular weight excluding hydrogens is 188 g/mol. The van der Waals surface area contributed by atoms with Crippen LogP contribution in [0.5, 0.6) is 0 Å². The van der Waals surface area contributed by atoms with E-state index in [-0.39, 0.29) is 11.1 Å². The number of carbonyl (C=O) groups excluding carboxylic acids is 1. The number of pyridine rings is 1. The van der Waals surface area contributed by atoms with Crippen LogP contribution in [0.15, 0.2) is 12.3 Å². The minimum Gasteiger partial charge on any atom is -0.345 e. The summed E-state index contributed by atoms with van der Waals surface area (Å²) in [6, 6.07) is 1.73. The lowest BCUT2D eigenvalue weighted by Gasteiger charge is -2.11. The number of carbonyl (C=O) groups is 1. The standard InChI is InChI=1S/C9H11ClN2O/c1-6-4-7(8(10)11-5-6)9(13)12(2)3/h4-5H,1-3H3. The number of amides is 1. The van der Waals surface area contributed by atoms with E-state index in [2.05, 4.69) is 4.98 Å². The highest BCUT2D eigenvalue weighted by Gasteiger charge is 2.12. The van der Waals surface area contributed by atoms with E-state index in [4.69, 9.17) is 11.6 Å². The number of rotatable bonds is 1. The van der Waals surface area contributed by atoms with Crippen LogP contribution in [0, 0.1) is 6.92 Å². The van der Waals surface area contributed by atoms with Gasteiger partial charge in [-0.05, 0) is 18.6 Å². The molecule has 0 fully saturated rings. The Labute approximate surface area is 82.3 Å². The van der Waals surface area contributed by atoms with Crippen molar-refractivity contribution in [2.45, 2.75) is 6.92 Å². The van der Waals surface area contributed by atoms with E-state index < -0.39 is 0 Å². The summed E-state index contributed by atoms with van der Waals surface area (Å²) in [7, 11) is 3.36. The fourth-order valence-electron chi connectivity index (χ4n) is 0.943. The molecule has 1 heterocycles. The lowest BCUT2D eigenvalue weighted by Crippen LogP contribution is -2.22. The highest BCUT2D eigenvalue weighted by atomic mass is 35.5. The molecular formula is C9H11ClN2O. The second-order valence-electron chi connectivity index (χ2n) is 3.05. The molecule has 0 saturated heterocycles. The van der Waals surface area contributed by atoms with Gasteiger partial charge in [-0.1, -0.05) is 11.6 Å². The molecule has 1 amide bonds. The average molecular weight is 199 g/mol. The van der Waals surface area contributed by atoms with Crippen LogP contribution < -0.4 is 0 Å². The summed E-state index contributed by atoms with van der Waals surface area (Å²) in [4.78, 5) is 16.9. The van der Waals surface area contributed by atoms with E-state index >= 15 is 0 Å². The van der Waals surface area contributed by atoms with Gasteiger partial charge in [-0.2, -0.15) is 0 Å². The van der Waals surface area contributed by atoms with Crippen molar-refractivity contribution in [1.29, 1.82) is 0 Å². The van der Waals surface area contributed by atoms with Crippen LogP contribution in [0.2, 0.25) is 5.15 Å². The van der Waals surface area contributed by atoms with Gasteiger partial charge in [0.25, 0.3) is 5.91 Å². The summed E-state index contributed by atoms with van der Waals surface area (Å²) in [5.41, 5.74) is 1.38. The Morgan fingerprint density at radius 1 is 1.54 bits per heavy atom. The molecule has 70 valence electrons. The third kappa shape index (κ3) is 2.18. The molecule has 1 aromatic rings. The fourth-order valence-corrected chi connectivity index (χ4v) is 1.13. The van der Waals surface area contributed by atoms with Gasteiger partial charge in [-0.25, -0.2) is 4.98 Å². The third-order valence-electron chi connectivity index (χ3n) is 1.61. The van der Waals surface area contributed by atoms with Crippen molar-refractivity contribution in [3.05, 3.63) is 28.5 Å². The summed E-state index contributed by atoms with van der Waals surface area (Å²) >= 11 is 5.78. The molecule has 0 unspecified atom stereocenters. The lowest BCUT2D eigenvalue weighted by molar-refractivity contribution is 0.0827. The normalized spacial score (nSPS) is 9.85. The molecule has 0 bridgehead atoms. The van der Waals surface area contributed by atoms with E-state index in [1.54, 1.807) is 26.4 Å². The first-order valence-corrected chi connectivity index (χ1v) is 4.24. The van der Waals surface area contributed by atoms with Gasteiger partial charge in [0, 0.05) is 20.3 Å². The topological polar surface area (TPSA) is 33.2 Å². The fraction of sp³-hybridized carbons (Fsp3) is 0.333. The zero-order chi connectivity index (χ0) is 10.0. The van der Waals surface area contributed by atoms with Crippen molar-refractivity contribution in [2.24, 2.45) is 0 Å². The molecule has 0 atom stereocenters. The Bertz CT molecular complexity index is 336. The van der Waals surface area contributed by atoms with E-state index in [0.717, 1.165) is 5.56 Å². The molecule has 0 radical (unpaired) electrons. The Kier molecular flexibility index (Phi) is 2.88. The predicted octanol–water partition coefficient (Wildman–Crippen LogP) is 1.75. The van der Waals surface area contributed by atoms with Gasteiger partial charge >= 0.3 is 0 Å². The van der Waals surface area contributed by atoms with Crippen LogP contribution in [0.3, 0.4) is 0 Å². The van der Waals surface area contributed by atoms with Crippen LogP contribution in [-0.2, 0) is 0 Å². The van der Waals surface area contributed by atoms with Gasteiger partial charge in [0.05, 0.1) is 5.56 Å². The monoisotopic (exact) mass is 198 g/mol. The first kappa shape index (κ1) is 9.99. The summed E-state index contributed by atoms with van der Waals surface area (Å²) in [6.45, 7) is 1.87. The Morgan fingerprint density at radius 2 is 2.15 bits per heavy atom. The highest BCUT2D eigenvalue weighted by Crippen LogP contribution is 2.15. The van der Waals surface area contributed by atoms with Crippen molar-refractivity contribution < 1.29 is 4.79 Å². The molecule has 0 aliphatic heterocycles. The number of hydrogen-bond acceptors (Lipinski definition) is 2. The second kappa shape index (κ2) is 3.75. The maximum Gasteiger partial charge on any atom is 0.256 e. The SMILES string of the molecule is Cc1cnc(Cl)c(C(=O)N(C)C)c1. The Hall–Kier alpha value is -1.09. The first-order chi connectivity index (χ1) is 6.02. The Balaban J connectivity index is 3.13. The van der Waals surface area contributed by atoms with Crippen LogP contribution in [0.1, 0.15) is 15.9 Å². The summed E-state index contributed by atoms with van der Waals surface area (Å²) in [5.74, 6) is -0.124. The van der Waals surface area contributed by atoms with Crippen molar-refractivity contribution in [2.75, 3.05) is 14.1 Å². The lowest BCUT2D eigenvalue weighted by atomic mass is 10.2. The maximum atomic E-state index is 11.5. The molecule has 0 saturated carbocycles. The third-order valence-corrected chi connectivity index (χ3v) is 1.91. The largest absolute Gasteiger partial charge is 0.345 e. The van der Waals surface area contributed by atoms with Gasteiger partial charge in [-0.3, -0.25) is 4.79 Å². The summed E-state index contributed by atoms with van der Waals surface area (Å²) in [6.07, 6.45) is 1.63. The molecule has 4 heteroatoms. The summed E-state index contributed by atoms with van der Waals surface area (Å²) < 4.78 is 0. The number of nitrogens with zero attached hydrogens (tertiary/aromatic N) is 2. The quantitative estimate of drug-likeness (QED) is 0.645. The molecule has 0 N–H and O–H groups in total. The molecule has 0 spiro atoms. The van der Waals surface area contributed by atoms with Crippen LogP contribution in [0.25, 0.3) is 0 Å². The maximum absolute atomic E-state index is 11.5. The number of halogens is 1.